The number of carbonyl (C=O) groups excluding carboxylic acids is 1. The number of piperidine rings is 2. The lowest BCUT2D eigenvalue weighted by atomic mass is 9.67. The molecule has 1 unspecified atom stereocenters. The molecule has 134 valence electrons. The summed E-state index contributed by atoms with van der Waals surface area (Å²) in [6, 6.07) is 1.98. The van der Waals surface area contributed by atoms with Crippen LogP contribution >= 0.6 is 0 Å². The second kappa shape index (κ2) is 6.15. The van der Waals surface area contributed by atoms with Crippen molar-refractivity contribution in [2.75, 3.05) is 19.6 Å². The molecule has 3 rings (SSSR count). The van der Waals surface area contributed by atoms with Crippen LogP contribution in [-0.4, -0.2) is 57.2 Å². The quantitative estimate of drug-likeness (QED) is 0.895. The van der Waals surface area contributed by atoms with E-state index in [0.29, 0.717) is 0 Å². The third-order valence-electron chi connectivity index (χ3n) is 5.99. The number of likely N-dealkylation sites (tertiary alicyclic amines) is 2. The second-order valence-corrected chi connectivity index (χ2v) is 8.18. The Labute approximate surface area is 143 Å². The van der Waals surface area contributed by atoms with Crippen molar-refractivity contribution in [2.45, 2.75) is 65.1 Å². The zero-order valence-corrected chi connectivity index (χ0v) is 15.2. The second-order valence-electron chi connectivity index (χ2n) is 8.18. The topological polar surface area (TPSA) is 69.8 Å². The van der Waals surface area contributed by atoms with Gasteiger partial charge in [0.15, 0.2) is 0 Å². The van der Waals surface area contributed by atoms with Crippen LogP contribution in [0, 0.1) is 12.3 Å². The minimum atomic E-state index is -0.480. The smallest absolute Gasteiger partial charge is 0.219 e. The predicted molar refractivity (Wildman–Crippen MR) is 90.3 cm³/mol. The van der Waals surface area contributed by atoms with Gasteiger partial charge in [-0.15, -0.1) is 0 Å². The van der Waals surface area contributed by atoms with E-state index in [0.717, 1.165) is 56.9 Å². The number of aryl methyl sites for hydroxylation is 1. The summed E-state index contributed by atoms with van der Waals surface area (Å²) < 4.78 is 5.14. The number of hydrogen-bond acceptors (Lipinski definition) is 5. The molecule has 2 saturated heterocycles. The maximum Gasteiger partial charge on any atom is 0.219 e. The van der Waals surface area contributed by atoms with Crippen molar-refractivity contribution < 1.29 is 14.4 Å². The highest BCUT2D eigenvalue weighted by Gasteiger charge is 2.50. The molecule has 0 radical (unpaired) electrons. The standard InChI is InChI=1S/C18H29N3O3/c1-13-9-15(19-24-13)11-20-7-5-18(6-8-20)10-16(23)17(3,4)21(12-18)14(2)22/h9,16,23H,5-8,10-12H2,1-4H3. The molecule has 6 heteroatoms. The first-order chi connectivity index (χ1) is 11.2. The van der Waals surface area contributed by atoms with Crippen LogP contribution in [0.5, 0.6) is 0 Å². The molecule has 2 fully saturated rings. The van der Waals surface area contributed by atoms with Crippen LogP contribution in [0.1, 0.15) is 51.5 Å². The summed E-state index contributed by atoms with van der Waals surface area (Å²) in [4.78, 5) is 16.3. The molecule has 0 aromatic carbocycles. The number of amides is 1. The highest BCUT2D eigenvalue weighted by atomic mass is 16.5. The molecule has 1 spiro atoms. The van der Waals surface area contributed by atoms with Crippen LogP contribution in [-0.2, 0) is 11.3 Å². The first kappa shape index (κ1) is 17.4. The van der Waals surface area contributed by atoms with Gasteiger partial charge in [-0.25, -0.2) is 0 Å². The van der Waals surface area contributed by atoms with E-state index in [1.165, 1.54) is 0 Å². The Balaban J connectivity index is 1.65. The fourth-order valence-electron chi connectivity index (χ4n) is 4.23. The summed E-state index contributed by atoms with van der Waals surface area (Å²) in [5.41, 5.74) is 0.530. The van der Waals surface area contributed by atoms with Crippen LogP contribution < -0.4 is 0 Å². The minimum absolute atomic E-state index is 0.0385. The lowest BCUT2D eigenvalue weighted by molar-refractivity contribution is -0.157. The van der Waals surface area contributed by atoms with Crippen LogP contribution in [0.2, 0.25) is 0 Å². The molecule has 0 saturated carbocycles. The maximum absolute atomic E-state index is 12.1. The Hall–Kier alpha value is -1.40. The van der Waals surface area contributed by atoms with E-state index in [1.807, 2.05) is 31.7 Å². The molecule has 1 amide bonds. The van der Waals surface area contributed by atoms with Gasteiger partial charge in [0.1, 0.15) is 5.76 Å². The van der Waals surface area contributed by atoms with Crippen molar-refractivity contribution in [3.63, 3.8) is 0 Å². The van der Waals surface area contributed by atoms with Gasteiger partial charge in [0.2, 0.25) is 5.91 Å². The summed E-state index contributed by atoms with van der Waals surface area (Å²) in [6.45, 7) is 10.9. The van der Waals surface area contributed by atoms with Gasteiger partial charge in [0, 0.05) is 26.1 Å². The molecular formula is C18H29N3O3. The van der Waals surface area contributed by atoms with Gasteiger partial charge in [-0.1, -0.05) is 5.16 Å². The number of hydrogen-bond donors (Lipinski definition) is 1. The van der Waals surface area contributed by atoms with Gasteiger partial charge in [0.05, 0.1) is 17.3 Å². The van der Waals surface area contributed by atoms with Crippen molar-refractivity contribution >= 4 is 5.91 Å². The lowest BCUT2D eigenvalue weighted by Crippen LogP contribution is -2.64. The van der Waals surface area contributed by atoms with E-state index < -0.39 is 11.6 Å². The predicted octanol–water partition coefficient (Wildman–Crippen LogP) is 1.96. The fourth-order valence-corrected chi connectivity index (χ4v) is 4.23. The van der Waals surface area contributed by atoms with Gasteiger partial charge in [-0.05, 0) is 58.5 Å². The molecule has 2 aliphatic rings. The highest BCUT2D eigenvalue weighted by molar-refractivity contribution is 5.74. The minimum Gasteiger partial charge on any atom is -0.391 e. The third kappa shape index (κ3) is 3.22. The van der Waals surface area contributed by atoms with Crippen molar-refractivity contribution in [1.29, 1.82) is 0 Å². The Morgan fingerprint density at radius 3 is 2.62 bits per heavy atom. The Morgan fingerprint density at radius 2 is 2.08 bits per heavy atom. The van der Waals surface area contributed by atoms with E-state index in [2.05, 4.69) is 10.1 Å². The number of rotatable bonds is 2. The first-order valence-electron chi connectivity index (χ1n) is 8.83. The molecule has 24 heavy (non-hydrogen) atoms. The van der Waals surface area contributed by atoms with Crippen LogP contribution in [0.15, 0.2) is 10.6 Å². The van der Waals surface area contributed by atoms with Crippen molar-refractivity contribution in [1.82, 2.24) is 15.0 Å². The van der Waals surface area contributed by atoms with Gasteiger partial charge < -0.3 is 14.5 Å². The number of nitrogens with zero attached hydrogens (tertiary/aromatic N) is 3. The number of carbonyl (C=O) groups is 1. The molecule has 2 aliphatic heterocycles. The molecule has 6 nitrogen and oxygen atoms in total. The zero-order valence-electron chi connectivity index (χ0n) is 15.2. The van der Waals surface area contributed by atoms with Crippen LogP contribution in [0.25, 0.3) is 0 Å². The number of aliphatic hydroxyl groups excluding tert-OH is 1. The van der Waals surface area contributed by atoms with E-state index in [1.54, 1.807) is 6.92 Å². The Bertz CT molecular complexity index is 602. The summed E-state index contributed by atoms with van der Waals surface area (Å²) in [6.07, 6.45) is 2.31. The molecule has 1 aromatic rings. The summed E-state index contributed by atoms with van der Waals surface area (Å²) >= 11 is 0. The van der Waals surface area contributed by atoms with Crippen LogP contribution in [0.4, 0.5) is 0 Å². The largest absolute Gasteiger partial charge is 0.391 e. The molecular weight excluding hydrogens is 306 g/mol. The molecule has 3 heterocycles. The van der Waals surface area contributed by atoms with Gasteiger partial charge in [-0.2, -0.15) is 0 Å². The van der Waals surface area contributed by atoms with E-state index in [4.69, 9.17) is 4.52 Å². The molecule has 1 aromatic heterocycles. The van der Waals surface area contributed by atoms with Gasteiger partial charge in [0.25, 0.3) is 0 Å². The molecule has 1 atom stereocenters. The fraction of sp³-hybridized carbons (Fsp3) is 0.778. The number of aromatic nitrogens is 1. The average Bonchev–Trinajstić information content (AvgIpc) is 2.91. The van der Waals surface area contributed by atoms with Crippen molar-refractivity contribution in [3.05, 3.63) is 17.5 Å². The summed E-state index contributed by atoms with van der Waals surface area (Å²) in [5, 5.41) is 14.7. The third-order valence-corrected chi connectivity index (χ3v) is 5.99. The first-order valence-corrected chi connectivity index (χ1v) is 8.83. The van der Waals surface area contributed by atoms with Gasteiger partial charge in [-0.3, -0.25) is 9.69 Å². The average molecular weight is 335 g/mol. The molecule has 1 N–H and O–H groups in total. The van der Waals surface area contributed by atoms with Crippen molar-refractivity contribution in [2.24, 2.45) is 5.41 Å². The zero-order chi connectivity index (χ0) is 17.5. The summed E-state index contributed by atoms with van der Waals surface area (Å²) in [5.74, 6) is 0.895. The summed E-state index contributed by atoms with van der Waals surface area (Å²) in [7, 11) is 0. The Morgan fingerprint density at radius 1 is 1.42 bits per heavy atom. The van der Waals surface area contributed by atoms with Gasteiger partial charge >= 0.3 is 0 Å². The molecule has 0 bridgehead atoms. The SMILES string of the molecule is CC(=O)N1CC2(CCN(Cc3cc(C)on3)CC2)CC(O)C1(C)C. The van der Waals surface area contributed by atoms with E-state index in [9.17, 15) is 9.90 Å². The normalized spacial score (nSPS) is 26.7. The molecule has 0 aliphatic carbocycles. The van der Waals surface area contributed by atoms with Crippen LogP contribution in [0.3, 0.4) is 0 Å². The van der Waals surface area contributed by atoms with E-state index in [-0.39, 0.29) is 11.3 Å². The van der Waals surface area contributed by atoms with Crippen molar-refractivity contribution in [3.8, 4) is 0 Å². The number of aliphatic hydroxyl groups is 1. The Kier molecular flexibility index (Phi) is 4.47. The lowest BCUT2D eigenvalue weighted by Gasteiger charge is -2.55. The highest BCUT2D eigenvalue weighted by Crippen LogP contribution is 2.45. The monoisotopic (exact) mass is 335 g/mol. The maximum atomic E-state index is 12.1. The van der Waals surface area contributed by atoms with E-state index >= 15 is 0 Å².